The minimum absolute atomic E-state index is 0.230. The Labute approximate surface area is 104 Å². The largest absolute Gasteiger partial charge is 0.342 e. The number of aromatic nitrogens is 3. The molecule has 1 heterocycles. The second-order valence-electron chi connectivity index (χ2n) is 5.63. The molecule has 0 atom stereocenters. The number of aryl methyl sites for hydroxylation is 2. The van der Waals surface area contributed by atoms with Gasteiger partial charge in [-0.2, -0.15) is 5.10 Å². The molecule has 17 heavy (non-hydrogen) atoms. The van der Waals surface area contributed by atoms with Gasteiger partial charge in [0, 0.05) is 13.6 Å². The molecule has 0 saturated carbocycles. The molecule has 0 bridgehead atoms. The Bertz CT molecular complexity index is 368. The number of hydrogen-bond donors (Lipinski definition) is 0. The fourth-order valence-electron chi connectivity index (χ4n) is 1.87. The van der Waals surface area contributed by atoms with Crippen LogP contribution in [0.4, 0.5) is 5.95 Å². The predicted molar refractivity (Wildman–Crippen MR) is 71.3 cm³/mol. The van der Waals surface area contributed by atoms with Gasteiger partial charge < -0.3 is 4.90 Å². The van der Waals surface area contributed by atoms with Crippen LogP contribution in [-0.4, -0.2) is 28.8 Å². The van der Waals surface area contributed by atoms with Gasteiger partial charge in [-0.25, -0.2) is 4.98 Å². The minimum atomic E-state index is 0.230. The summed E-state index contributed by atoms with van der Waals surface area (Å²) in [6.45, 7) is 11.7. The molecule has 4 nitrogen and oxygen atoms in total. The molecule has 0 saturated heterocycles. The summed E-state index contributed by atoms with van der Waals surface area (Å²) in [6.07, 6.45) is 1.81. The van der Waals surface area contributed by atoms with Crippen molar-refractivity contribution in [1.82, 2.24) is 15.2 Å². The molecule has 0 aliphatic heterocycles. The summed E-state index contributed by atoms with van der Waals surface area (Å²) in [5.74, 6) is 0.731. The van der Waals surface area contributed by atoms with Gasteiger partial charge in [0.05, 0.1) is 11.4 Å². The van der Waals surface area contributed by atoms with Gasteiger partial charge in [-0.15, -0.1) is 5.10 Å². The Morgan fingerprint density at radius 3 is 2.06 bits per heavy atom. The van der Waals surface area contributed by atoms with Crippen LogP contribution in [0.3, 0.4) is 0 Å². The summed E-state index contributed by atoms with van der Waals surface area (Å²) in [7, 11) is 2.02. The Hall–Kier alpha value is -1.19. The predicted octanol–water partition coefficient (Wildman–Crippen LogP) is 2.48. The van der Waals surface area contributed by atoms with Crippen LogP contribution in [-0.2, 0) is 12.8 Å². The molecule has 96 valence electrons. The van der Waals surface area contributed by atoms with Crippen LogP contribution in [0.2, 0.25) is 0 Å². The van der Waals surface area contributed by atoms with Crippen LogP contribution in [0.5, 0.6) is 0 Å². The molecule has 1 rings (SSSR count). The third-order valence-electron chi connectivity index (χ3n) is 2.55. The van der Waals surface area contributed by atoms with Crippen LogP contribution in [0.1, 0.15) is 46.0 Å². The standard InChI is InChI=1S/C13H24N4/c1-7-10-11(8-2)15-16-12(14-10)17(6)9-13(3,4)5/h7-9H2,1-6H3. The first-order valence-corrected chi connectivity index (χ1v) is 6.31. The van der Waals surface area contributed by atoms with E-state index in [9.17, 15) is 0 Å². The van der Waals surface area contributed by atoms with Gasteiger partial charge in [0.2, 0.25) is 5.95 Å². The average molecular weight is 236 g/mol. The summed E-state index contributed by atoms with van der Waals surface area (Å²) in [6, 6.07) is 0. The van der Waals surface area contributed by atoms with Crippen molar-refractivity contribution in [2.45, 2.75) is 47.5 Å². The molecule has 0 fully saturated rings. The molecule has 0 unspecified atom stereocenters. The van der Waals surface area contributed by atoms with E-state index in [0.29, 0.717) is 0 Å². The highest BCUT2D eigenvalue weighted by Crippen LogP contribution is 2.17. The van der Waals surface area contributed by atoms with E-state index >= 15 is 0 Å². The molecular formula is C13H24N4. The van der Waals surface area contributed by atoms with Crippen molar-refractivity contribution in [3.05, 3.63) is 11.4 Å². The summed E-state index contributed by atoms with van der Waals surface area (Å²) in [5, 5.41) is 8.47. The number of nitrogens with zero attached hydrogens (tertiary/aromatic N) is 4. The molecule has 0 radical (unpaired) electrons. The summed E-state index contributed by atoms with van der Waals surface area (Å²) in [5.41, 5.74) is 2.31. The second-order valence-corrected chi connectivity index (χ2v) is 5.63. The maximum atomic E-state index is 4.60. The van der Waals surface area contributed by atoms with Crippen molar-refractivity contribution >= 4 is 5.95 Å². The number of rotatable bonds is 4. The van der Waals surface area contributed by atoms with Gasteiger partial charge in [-0.3, -0.25) is 0 Å². The maximum absolute atomic E-state index is 4.60. The highest BCUT2D eigenvalue weighted by atomic mass is 15.3. The SMILES string of the molecule is CCc1nnc(N(C)CC(C)(C)C)nc1CC. The molecule has 0 aromatic carbocycles. The van der Waals surface area contributed by atoms with Crippen molar-refractivity contribution in [2.24, 2.45) is 5.41 Å². The van der Waals surface area contributed by atoms with E-state index in [2.05, 4.69) is 54.7 Å². The highest BCUT2D eigenvalue weighted by molar-refractivity contribution is 5.29. The zero-order valence-electron chi connectivity index (χ0n) is 11.9. The lowest BCUT2D eigenvalue weighted by Gasteiger charge is -2.26. The molecule has 0 N–H and O–H groups in total. The topological polar surface area (TPSA) is 41.9 Å². The number of hydrogen-bond acceptors (Lipinski definition) is 4. The molecule has 0 amide bonds. The van der Waals surface area contributed by atoms with E-state index in [1.807, 2.05) is 7.05 Å². The summed E-state index contributed by atoms with van der Waals surface area (Å²) >= 11 is 0. The summed E-state index contributed by atoms with van der Waals surface area (Å²) in [4.78, 5) is 6.67. The van der Waals surface area contributed by atoms with Gasteiger partial charge >= 0.3 is 0 Å². The fourth-order valence-corrected chi connectivity index (χ4v) is 1.87. The van der Waals surface area contributed by atoms with Gasteiger partial charge in [0.25, 0.3) is 0 Å². The average Bonchev–Trinajstić information content (AvgIpc) is 2.25. The lowest BCUT2D eigenvalue weighted by atomic mass is 9.96. The molecule has 0 aliphatic rings. The maximum Gasteiger partial charge on any atom is 0.245 e. The van der Waals surface area contributed by atoms with E-state index < -0.39 is 0 Å². The molecule has 4 heteroatoms. The van der Waals surface area contributed by atoms with Gasteiger partial charge in [0.15, 0.2) is 0 Å². The lowest BCUT2D eigenvalue weighted by Crippen LogP contribution is -2.31. The van der Waals surface area contributed by atoms with E-state index in [1.54, 1.807) is 0 Å². The first-order valence-electron chi connectivity index (χ1n) is 6.31. The van der Waals surface area contributed by atoms with Gasteiger partial charge in [-0.1, -0.05) is 34.6 Å². The molecule has 0 aliphatic carbocycles. The quantitative estimate of drug-likeness (QED) is 0.805. The normalized spacial score (nSPS) is 11.6. The van der Waals surface area contributed by atoms with Crippen LogP contribution >= 0.6 is 0 Å². The molecule has 1 aromatic rings. The van der Waals surface area contributed by atoms with Gasteiger partial charge in [-0.05, 0) is 18.3 Å². The Balaban J connectivity index is 2.92. The minimum Gasteiger partial charge on any atom is -0.342 e. The van der Waals surface area contributed by atoms with Crippen LogP contribution in [0.15, 0.2) is 0 Å². The Kier molecular flexibility index (Phi) is 4.43. The van der Waals surface area contributed by atoms with Crippen molar-refractivity contribution in [3.63, 3.8) is 0 Å². The van der Waals surface area contributed by atoms with Crippen molar-refractivity contribution in [2.75, 3.05) is 18.5 Å². The van der Waals surface area contributed by atoms with Crippen LogP contribution in [0, 0.1) is 5.41 Å². The first kappa shape index (κ1) is 13.9. The zero-order chi connectivity index (χ0) is 13.1. The fraction of sp³-hybridized carbons (Fsp3) is 0.769. The zero-order valence-corrected chi connectivity index (χ0v) is 11.9. The third kappa shape index (κ3) is 3.95. The molecule has 1 aromatic heterocycles. The van der Waals surface area contributed by atoms with Crippen molar-refractivity contribution < 1.29 is 0 Å². The van der Waals surface area contributed by atoms with Crippen molar-refractivity contribution in [1.29, 1.82) is 0 Å². The summed E-state index contributed by atoms with van der Waals surface area (Å²) < 4.78 is 0. The van der Waals surface area contributed by atoms with E-state index in [-0.39, 0.29) is 5.41 Å². The monoisotopic (exact) mass is 236 g/mol. The van der Waals surface area contributed by atoms with E-state index in [1.165, 1.54) is 0 Å². The lowest BCUT2D eigenvalue weighted by molar-refractivity contribution is 0.415. The second kappa shape index (κ2) is 5.43. The highest BCUT2D eigenvalue weighted by Gasteiger charge is 2.16. The third-order valence-corrected chi connectivity index (χ3v) is 2.55. The molecular weight excluding hydrogens is 212 g/mol. The van der Waals surface area contributed by atoms with Crippen LogP contribution in [0.25, 0.3) is 0 Å². The van der Waals surface area contributed by atoms with E-state index in [4.69, 9.17) is 0 Å². The van der Waals surface area contributed by atoms with Crippen molar-refractivity contribution in [3.8, 4) is 0 Å². The first-order chi connectivity index (χ1) is 7.87. The van der Waals surface area contributed by atoms with Gasteiger partial charge in [0.1, 0.15) is 0 Å². The molecule has 0 spiro atoms. The smallest absolute Gasteiger partial charge is 0.245 e. The number of anilines is 1. The Morgan fingerprint density at radius 1 is 1.00 bits per heavy atom. The van der Waals surface area contributed by atoms with E-state index in [0.717, 1.165) is 36.7 Å². The van der Waals surface area contributed by atoms with Crippen LogP contribution < -0.4 is 4.90 Å². The Morgan fingerprint density at radius 2 is 1.59 bits per heavy atom.